The average Bonchev–Trinajstić information content (AvgIpc) is 3.13. The second kappa shape index (κ2) is 7.36. The number of allylic oxidation sites excluding steroid dienone is 4. The van der Waals surface area contributed by atoms with Crippen LogP contribution < -0.4 is 0 Å². The maximum Gasteiger partial charge on any atom is 0.134 e. The lowest BCUT2D eigenvalue weighted by Gasteiger charge is -2.18. The van der Waals surface area contributed by atoms with Gasteiger partial charge in [0.1, 0.15) is 11.3 Å². The van der Waals surface area contributed by atoms with E-state index in [0.29, 0.717) is 5.92 Å². The zero-order valence-electron chi connectivity index (χ0n) is 15.7. The van der Waals surface area contributed by atoms with E-state index in [2.05, 4.69) is 103 Å². The molecule has 0 aliphatic heterocycles. The van der Waals surface area contributed by atoms with Gasteiger partial charge in [0.25, 0.3) is 0 Å². The summed E-state index contributed by atoms with van der Waals surface area (Å²) in [5.74, 6) is 1.64. The van der Waals surface area contributed by atoms with Crippen molar-refractivity contribution in [3.8, 4) is 0 Å². The Balaban J connectivity index is 1.52. The van der Waals surface area contributed by atoms with Crippen LogP contribution in [0.5, 0.6) is 0 Å². The van der Waals surface area contributed by atoms with Crippen LogP contribution in [-0.2, 0) is 6.42 Å². The molecule has 1 nitrogen and oxygen atoms in total. The van der Waals surface area contributed by atoms with E-state index in [-0.39, 0.29) is 5.92 Å². The summed E-state index contributed by atoms with van der Waals surface area (Å²) in [4.78, 5) is 0. The van der Waals surface area contributed by atoms with E-state index >= 15 is 0 Å². The van der Waals surface area contributed by atoms with E-state index in [4.69, 9.17) is 4.42 Å². The lowest BCUT2D eigenvalue weighted by atomic mass is 9.85. The maximum atomic E-state index is 6.30. The zero-order chi connectivity index (χ0) is 18.8. The quantitative estimate of drug-likeness (QED) is 0.356. The van der Waals surface area contributed by atoms with Crippen LogP contribution in [-0.4, -0.2) is 0 Å². The number of para-hydroxylation sites is 1. The molecule has 0 radical (unpaired) electrons. The van der Waals surface area contributed by atoms with Gasteiger partial charge in [-0.2, -0.15) is 0 Å². The van der Waals surface area contributed by atoms with Gasteiger partial charge in [-0.15, -0.1) is 0 Å². The number of hydrogen-bond donors (Lipinski definition) is 0. The van der Waals surface area contributed by atoms with E-state index in [1.54, 1.807) is 0 Å². The molecule has 0 bridgehead atoms. The minimum Gasteiger partial charge on any atom is -0.460 e. The molecule has 1 aliphatic rings. The van der Waals surface area contributed by atoms with Gasteiger partial charge < -0.3 is 4.42 Å². The molecular weight excluding hydrogens is 340 g/mol. The van der Waals surface area contributed by atoms with Crippen molar-refractivity contribution in [2.24, 2.45) is 0 Å². The van der Waals surface area contributed by atoms with Crippen LogP contribution in [0.1, 0.15) is 34.3 Å². The van der Waals surface area contributed by atoms with Crippen molar-refractivity contribution in [3.63, 3.8) is 0 Å². The molecule has 136 valence electrons. The number of benzene rings is 3. The largest absolute Gasteiger partial charge is 0.460 e. The third-order valence-corrected chi connectivity index (χ3v) is 5.49. The third kappa shape index (κ3) is 3.20. The van der Waals surface area contributed by atoms with E-state index in [1.807, 2.05) is 6.07 Å². The zero-order valence-corrected chi connectivity index (χ0v) is 15.7. The summed E-state index contributed by atoms with van der Waals surface area (Å²) in [6.45, 7) is 0. The highest BCUT2D eigenvalue weighted by Crippen LogP contribution is 2.38. The summed E-state index contributed by atoms with van der Waals surface area (Å²) < 4.78 is 6.30. The Morgan fingerprint density at radius 3 is 1.96 bits per heavy atom. The van der Waals surface area contributed by atoms with Gasteiger partial charge in [0.05, 0.1) is 0 Å². The SMILES string of the molecule is C1=CC(c2c(Cc3ccccc3)oc3ccccc23)C=CC1c1ccccc1. The highest BCUT2D eigenvalue weighted by Gasteiger charge is 2.22. The molecule has 1 aliphatic carbocycles. The van der Waals surface area contributed by atoms with E-state index < -0.39 is 0 Å². The van der Waals surface area contributed by atoms with Gasteiger partial charge in [-0.25, -0.2) is 0 Å². The molecule has 5 rings (SSSR count). The predicted octanol–water partition coefficient (Wildman–Crippen LogP) is 7.02. The second-order valence-corrected chi connectivity index (χ2v) is 7.33. The van der Waals surface area contributed by atoms with E-state index in [1.165, 1.54) is 22.1 Å². The third-order valence-electron chi connectivity index (χ3n) is 5.49. The average molecular weight is 362 g/mol. The molecule has 0 unspecified atom stereocenters. The fraction of sp³-hybridized carbons (Fsp3) is 0.111. The van der Waals surface area contributed by atoms with Crippen molar-refractivity contribution in [2.45, 2.75) is 18.3 Å². The molecule has 1 heterocycles. The summed E-state index contributed by atoms with van der Waals surface area (Å²) >= 11 is 0. The molecule has 0 saturated carbocycles. The summed E-state index contributed by atoms with van der Waals surface area (Å²) in [5.41, 5.74) is 4.86. The van der Waals surface area contributed by atoms with E-state index in [0.717, 1.165) is 17.8 Å². The minimum absolute atomic E-state index is 0.238. The molecule has 1 aromatic heterocycles. The summed E-state index contributed by atoms with van der Waals surface area (Å²) in [6.07, 6.45) is 10.1. The standard InChI is InChI=1S/C27H22O/c1-3-9-20(10-4-1)19-26-27(24-13-7-8-14-25(24)28-26)23-17-15-22(16-18-23)21-11-5-2-6-12-21/h1-18,22-23H,19H2. The maximum absolute atomic E-state index is 6.30. The summed E-state index contributed by atoms with van der Waals surface area (Å²) in [5, 5.41) is 1.21. The molecular formula is C27H22O. The van der Waals surface area contributed by atoms with Crippen LogP contribution in [0.25, 0.3) is 11.0 Å². The molecule has 1 heteroatoms. The summed E-state index contributed by atoms with van der Waals surface area (Å²) in [7, 11) is 0. The first-order valence-electron chi connectivity index (χ1n) is 9.84. The molecule has 0 spiro atoms. The molecule has 0 N–H and O–H groups in total. The lowest BCUT2D eigenvalue weighted by molar-refractivity contribution is 0.555. The van der Waals surface area contributed by atoms with Gasteiger partial charge in [-0.3, -0.25) is 0 Å². The first-order chi connectivity index (χ1) is 13.9. The summed E-state index contributed by atoms with van der Waals surface area (Å²) in [6, 6.07) is 29.6. The molecule has 28 heavy (non-hydrogen) atoms. The number of fused-ring (bicyclic) bond motifs is 1. The van der Waals surface area contributed by atoms with Gasteiger partial charge in [0, 0.05) is 29.2 Å². The van der Waals surface area contributed by atoms with Crippen molar-refractivity contribution in [1.29, 1.82) is 0 Å². The number of hydrogen-bond acceptors (Lipinski definition) is 1. The van der Waals surface area contributed by atoms with Crippen LogP contribution in [0, 0.1) is 0 Å². The Hall–Kier alpha value is -3.32. The van der Waals surface area contributed by atoms with Gasteiger partial charge >= 0.3 is 0 Å². The second-order valence-electron chi connectivity index (χ2n) is 7.33. The van der Waals surface area contributed by atoms with Crippen molar-refractivity contribution in [1.82, 2.24) is 0 Å². The number of furan rings is 1. The minimum atomic E-state index is 0.238. The fourth-order valence-corrected chi connectivity index (χ4v) is 4.09. The van der Waals surface area contributed by atoms with Crippen LogP contribution in [0.3, 0.4) is 0 Å². The van der Waals surface area contributed by atoms with Crippen LogP contribution >= 0.6 is 0 Å². The van der Waals surface area contributed by atoms with Crippen molar-refractivity contribution in [3.05, 3.63) is 132 Å². The molecule has 3 aromatic carbocycles. The highest BCUT2D eigenvalue weighted by molar-refractivity contribution is 5.83. The molecule has 4 aromatic rings. The molecule has 0 amide bonds. The Bertz CT molecular complexity index is 1120. The lowest BCUT2D eigenvalue weighted by Crippen LogP contribution is -2.02. The fourth-order valence-electron chi connectivity index (χ4n) is 4.09. The first-order valence-corrected chi connectivity index (χ1v) is 9.84. The van der Waals surface area contributed by atoms with Crippen LogP contribution in [0.4, 0.5) is 0 Å². The monoisotopic (exact) mass is 362 g/mol. The Kier molecular flexibility index (Phi) is 4.42. The van der Waals surface area contributed by atoms with Gasteiger partial charge in [0.15, 0.2) is 0 Å². The Labute approximate surface area is 165 Å². The van der Waals surface area contributed by atoms with Crippen molar-refractivity contribution < 1.29 is 4.42 Å². The van der Waals surface area contributed by atoms with Gasteiger partial charge in [-0.1, -0.05) is 103 Å². The molecule has 0 atom stereocenters. The highest BCUT2D eigenvalue weighted by atomic mass is 16.3. The van der Waals surface area contributed by atoms with Crippen LogP contribution in [0.15, 0.2) is 114 Å². The smallest absolute Gasteiger partial charge is 0.134 e. The number of rotatable bonds is 4. The van der Waals surface area contributed by atoms with Crippen LogP contribution in [0.2, 0.25) is 0 Å². The topological polar surface area (TPSA) is 13.1 Å². The Morgan fingerprint density at radius 1 is 0.607 bits per heavy atom. The van der Waals surface area contributed by atoms with Gasteiger partial charge in [0.2, 0.25) is 0 Å². The first kappa shape index (κ1) is 16.8. The van der Waals surface area contributed by atoms with Gasteiger partial charge in [-0.05, 0) is 17.2 Å². The molecule has 0 fully saturated rings. The normalized spacial score (nSPS) is 18.6. The van der Waals surface area contributed by atoms with Crippen molar-refractivity contribution >= 4 is 11.0 Å². The van der Waals surface area contributed by atoms with E-state index in [9.17, 15) is 0 Å². The Morgan fingerprint density at radius 2 is 1.21 bits per heavy atom. The predicted molar refractivity (Wildman–Crippen MR) is 116 cm³/mol. The van der Waals surface area contributed by atoms with Crippen molar-refractivity contribution in [2.75, 3.05) is 0 Å². The molecule has 0 saturated heterocycles.